The lowest BCUT2D eigenvalue weighted by atomic mass is 10.2. The highest BCUT2D eigenvalue weighted by Gasteiger charge is 2.22. The maximum absolute atomic E-state index is 12.3. The Morgan fingerprint density at radius 3 is 2.52 bits per heavy atom. The Labute approximate surface area is 126 Å². The van der Waals surface area contributed by atoms with Crippen molar-refractivity contribution in [2.45, 2.75) is 24.8 Å². The van der Waals surface area contributed by atoms with E-state index in [-0.39, 0.29) is 17.0 Å². The van der Waals surface area contributed by atoms with Gasteiger partial charge in [-0.15, -0.1) is 0 Å². The number of carbonyl (C=O) groups excluding carboxylic acids is 1. The molecule has 7 heteroatoms. The van der Waals surface area contributed by atoms with Crippen molar-refractivity contribution in [2.24, 2.45) is 0 Å². The van der Waals surface area contributed by atoms with E-state index in [0.717, 1.165) is 0 Å². The van der Waals surface area contributed by atoms with Crippen LogP contribution in [0.2, 0.25) is 0 Å². The van der Waals surface area contributed by atoms with Crippen LogP contribution in [0.5, 0.6) is 0 Å². The summed E-state index contributed by atoms with van der Waals surface area (Å²) >= 11 is 0. The summed E-state index contributed by atoms with van der Waals surface area (Å²) in [5.41, 5.74) is 0.0321. The first-order chi connectivity index (χ1) is 9.79. The van der Waals surface area contributed by atoms with Gasteiger partial charge in [0.1, 0.15) is 0 Å². The summed E-state index contributed by atoms with van der Waals surface area (Å²) in [6.45, 7) is 4.91. The lowest BCUT2D eigenvalue weighted by Crippen LogP contribution is -2.36. The molecule has 0 aliphatic rings. The predicted molar refractivity (Wildman–Crippen MR) is 80.7 cm³/mol. The number of nitrogens with one attached hydrogen (secondary N) is 1. The molecule has 0 saturated carbocycles. The van der Waals surface area contributed by atoms with Gasteiger partial charge < -0.3 is 9.64 Å². The molecule has 1 rings (SSSR count). The molecule has 0 bridgehead atoms. The van der Waals surface area contributed by atoms with Crippen LogP contribution in [0, 0.1) is 0 Å². The minimum atomic E-state index is -3.74. The van der Waals surface area contributed by atoms with Crippen LogP contribution in [0.1, 0.15) is 24.2 Å². The van der Waals surface area contributed by atoms with E-state index >= 15 is 0 Å². The van der Waals surface area contributed by atoms with Gasteiger partial charge in [0.2, 0.25) is 10.0 Å². The third-order valence-electron chi connectivity index (χ3n) is 3.22. The van der Waals surface area contributed by atoms with E-state index in [4.69, 9.17) is 0 Å². The molecule has 6 nitrogen and oxygen atoms in total. The van der Waals surface area contributed by atoms with Crippen molar-refractivity contribution in [3.05, 3.63) is 29.8 Å². The van der Waals surface area contributed by atoms with Gasteiger partial charge in [0.15, 0.2) is 0 Å². The molecule has 0 aliphatic heterocycles. The molecule has 0 heterocycles. The number of rotatable bonds is 7. The van der Waals surface area contributed by atoms with Gasteiger partial charge in [0.05, 0.1) is 17.6 Å². The normalized spacial score (nSPS) is 11.9. The second-order valence-electron chi connectivity index (χ2n) is 4.96. The Morgan fingerprint density at radius 2 is 1.95 bits per heavy atom. The summed E-state index contributed by atoms with van der Waals surface area (Å²) in [5.74, 6) is -0.671. The van der Waals surface area contributed by atoms with Crippen LogP contribution in [0.3, 0.4) is 0 Å². The van der Waals surface area contributed by atoms with E-state index in [9.17, 15) is 13.2 Å². The molecule has 118 valence electrons. The lowest BCUT2D eigenvalue weighted by Gasteiger charge is -2.21. The zero-order chi connectivity index (χ0) is 16.0. The highest BCUT2D eigenvalue weighted by molar-refractivity contribution is 7.89. The van der Waals surface area contributed by atoms with Gasteiger partial charge >= 0.3 is 5.97 Å². The van der Waals surface area contributed by atoms with Crippen LogP contribution < -0.4 is 4.72 Å². The summed E-state index contributed by atoms with van der Waals surface area (Å²) < 4.78 is 31.7. The van der Waals surface area contributed by atoms with E-state index in [1.807, 2.05) is 25.8 Å². The second kappa shape index (κ2) is 7.53. The van der Waals surface area contributed by atoms with Crippen molar-refractivity contribution < 1.29 is 17.9 Å². The average molecular weight is 314 g/mol. The fourth-order valence-corrected chi connectivity index (χ4v) is 2.89. The molecular weight excluding hydrogens is 292 g/mol. The summed E-state index contributed by atoms with van der Waals surface area (Å²) in [6, 6.07) is 6.32. The Hall–Kier alpha value is -1.44. The highest BCUT2D eigenvalue weighted by atomic mass is 32.2. The Kier molecular flexibility index (Phi) is 6.32. The van der Waals surface area contributed by atoms with E-state index in [0.29, 0.717) is 12.6 Å². The third-order valence-corrected chi connectivity index (χ3v) is 4.74. The van der Waals surface area contributed by atoms with E-state index < -0.39 is 16.0 Å². The molecule has 21 heavy (non-hydrogen) atoms. The molecule has 1 N–H and O–H groups in total. The number of benzene rings is 1. The van der Waals surface area contributed by atoms with Crippen molar-refractivity contribution >= 4 is 16.0 Å². The number of nitrogens with zero attached hydrogens (tertiary/aromatic N) is 1. The molecule has 0 unspecified atom stereocenters. The van der Waals surface area contributed by atoms with E-state index in [1.54, 1.807) is 12.1 Å². The van der Waals surface area contributed by atoms with Crippen molar-refractivity contribution in [3.8, 4) is 0 Å². The Bertz CT molecular complexity index is 584. The number of likely N-dealkylation sites (N-methyl/N-ethyl adjacent to an activating group) is 1. The van der Waals surface area contributed by atoms with Crippen LogP contribution in [-0.2, 0) is 14.8 Å². The minimum absolute atomic E-state index is 0.0321. The maximum Gasteiger partial charge on any atom is 0.339 e. The van der Waals surface area contributed by atoms with Crippen LogP contribution in [0.25, 0.3) is 0 Å². The number of ether oxygens (including phenoxy) is 1. The number of sulfonamides is 1. The summed E-state index contributed by atoms with van der Waals surface area (Å²) in [7, 11) is -0.608. The molecule has 0 aromatic heterocycles. The van der Waals surface area contributed by atoms with Gasteiger partial charge in [-0.3, -0.25) is 0 Å². The predicted octanol–water partition coefficient (Wildman–Crippen LogP) is 1.09. The summed E-state index contributed by atoms with van der Waals surface area (Å²) in [4.78, 5) is 13.6. The van der Waals surface area contributed by atoms with Gasteiger partial charge in [0.25, 0.3) is 0 Å². The number of hydrogen-bond donors (Lipinski definition) is 1. The molecule has 1 aromatic rings. The smallest absolute Gasteiger partial charge is 0.339 e. The average Bonchev–Trinajstić information content (AvgIpc) is 2.46. The summed E-state index contributed by atoms with van der Waals surface area (Å²) in [6.07, 6.45) is 0. The van der Waals surface area contributed by atoms with Crippen molar-refractivity contribution in [1.29, 1.82) is 0 Å². The van der Waals surface area contributed by atoms with Gasteiger partial charge in [0, 0.05) is 19.1 Å². The molecule has 1 aromatic carbocycles. The molecule has 0 spiro atoms. The van der Waals surface area contributed by atoms with Crippen LogP contribution in [-0.4, -0.2) is 52.6 Å². The topological polar surface area (TPSA) is 75.7 Å². The fourth-order valence-electron chi connectivity index (χ4n) is 1.67. The fraction of sp³-hybridized carbons (Fsp3) is 0.500. The van der Waals surface area contributed by atoms with Crippen LogP contribution in [0.4, 0.5) is 0 Å². The summed E-state index contributed by atoms with van der Waals surface area (Å²) in [5, 5.41) is 0. The number of carbonyl (C=O) groups is 1. The zero-order valence-electron chi connectivity index (χ0n) is 12.8. The molecule has 0 atom stereocenters. The number of hydrogen-bond acceptors (Lipinski definition) is 5. The largest absolute Gasteiger partial charge is 0.465 e. The van der Waals surface area contributed by atoms with Gasteiger partial charge in [-0.25, -0.2) is 17.9 Å². The zero-order valence-corrected chi connectivity index (χ0v) is 13.6. The van der Waals surface area contributed by atoms with Crippen LogP contribution in [0.15, 0.2) is 29.2 Å². The molecule has 0 fully saturated rings. The molecular formula is C14H22N2O4S. The second-order valence-corrected chi connectivity index (χ2v) is 6.70. The number of methoxy groups -OCH3 is 1. The quantitative estimate of drug-likeness (QED) is 0.763. The van der Waals surface area contributed by atoms with E-state index in [2.05, 4.69) is 9.46 Å². The third kappa shape index (κ3) is 4.80. The maximum atomic E-state index is 12.3. The van der Waals surface area contributed by atoms with Crippen molar-refractivity contribution in [1.82, 2.24) is 9.62 Å². The van der Waals surface area contributed by atoms with E-state index in [1.165, 1.54) is 19.2 Å². The molecule has 0 radical (unpaired) electrons. The van der Waals surface area contributed by atoms with Crippen LogP contribution >= 0.6 is 0 Å². The highest BCUT2D eigenvalue weighted by Crippen LogP contribution is 2.16. The first kappa shape index (κ1) is 17.6. The molecule has 0 saturated heterocycles. The first-order valence-electron chi connectivity index (χ1n) is 6.67. The standard InChI is InChI=1S/C14H22N2O4S/c1-11(2)16(3)10-9-15-21(18,19)13-8-6-5-7-12(13)14(17)20-4/h5-8,11,15H,9-10H2,1-4H3. The van der Waals surface area contributed by atoms with Gasteiger partial charge in [-0.1, -0.05) is 12.1 Å². The molecule has 0 amide bonds. The van der Waals surface area contributed by atoms with Gasteiger partial charge in [-0.05, 0) is 33.0 Å². The minimum Gasteiger partial charge on any atom is -0.465 e. The first-order valence-corrected chi connectivity index (χ1v) is 8.15. The monoisotopic (exact) mass is 314 g/mol. The Morgan fingerprint density at radius 1 is 1.33 bits per heavy atom. The SMILES string of the molecule is COC(=O)c1ccccc1S(=O)(=O)NCCN(C)C(C)C. The lowest BCUT2D eigenvalue weighted by molar-refractivity contribution is 0.0596. The van der Waals surface area contributed by atoms with Crippen molar-refractivity contribution in [2.75, 3.05) is 27.2 Å². The Balaban J connectivity index is 2.86. The van der Waals surface area contributed by atoms with Gasteiger partial charge in [-0.2, -0.15) is 0 Å². The number of esters is 1. The molecule has 0 aliphatic carbocycles. The van der Waals surface area contributed by atoms with Crippen molar-refractivity contribution in [3.63, 3.8) is 0 Å².